The summed E-state index contributed by atoms with van der Waals surface area (Å²) < 4.78 is -5.64. The molecule has 0 aromatic carbocycles. The van der Waals surface area contributed by atoms with Gasteiger partial charge in [-0.3, -0.25) is 0 Å². The van der Waals surface area contributed by atoms with Crippen molar-refractivity contribution in [3.8, 4) is 0 Å². The Labute approximate surface area is 111 Å². The van der Waals surface area contributed by atoms with E-state index in [4.69, 9.17) is 86.3 Å². The van der Waals surface area contributed by atoms with Crippen LogP contribution in [0.25, 0.3) is 0 Å². The Morgan fingerprint density at radius 2 is 1.23 bits per heavy atom. The molecule has 0 atom stereocenters. The van der Waals surface area contributed by atoms with E-state index in [0.29, 0.717) is 0 Å². The van der Waals surface area contributed by atoms with Gasteiger partial charge in [0.2, 0.25) is 0 Å². The van der Waals surface area contributed by atoms with Crippen LogP contribution >= 0.6 is 81.2 Å². The molecule has 0 bridgehead atoms. The van der Waals surface area contributed by atoms with Crippen LogP contribution in [0.4, 0.5) is 0 Å². The molecule has 0 heterocycles. The fraction of sp³-hybridized carbons (Fsp3) is 1.00. The lowest BCUT2D eigenvalue weighted by Crippen LogP contribution is -2.52. The highest BCUT2D eigenvalue weighted by atomic mass is 35.5. The van der Waals surface area contributed by atoms with Gasteiger partial charge in [-0.15, -0.1) is 11.6 Å². The first kappa shape index (κ1) is 15.0. The molecule has 0 spiro atoms. The normalized spacial score (nSPS) is 14.8. The van der Waals surface area contributed by atoms with Crippen molar-refractivity contribution in [3.05, 3.63) is 0 Å². The molecule has 0 aromatic rings. The number of aliphatic hydroxyl groups excluding tert-OH is 1. The summed E-state index contributed by atoms with van der Waals surface area (Å²) in [6, 6.07) is 0. The van der Waals surface area contributed by atoms with Crippen molar-refractivity contribution in [2.75, 3.05) is 12.5 Å². The quantitative estimate of drug-likeness (QED) is 0.779. The van der Waals surface area contributed by atoms with Gasteiger partial charge in [0, 0.05) is 0 Å². The molecule has 80 valence electrons. The Morgan fingerprint density at radius 1 is 0.846 bits per heavy atom. The standard InChI is InChI=1S/C5H5Cl7O/c6-1-3(7,8)5(11,12)4(9,10)2-13/h13H,1-2H2. The van der Waals surface area contributed by atoms with Gasteiger partial charge in [-0.05, 0) is 0 Å². The second-order valence-electron chi connectivity index (χ2n) is 2.28. The summed E-state index contributed by atoms with van der Waals surface area (Å²) in [7, 11) is 0. The van der Waals surface area contributed by atoms with Crippen LogP contribution in [0, 0.1) is 0 Å². The van der Waals surface area contributed by atoms with Gasteiger partial charge in [-0.2, -0.15) is 0 Å². The van der Waals surface area contributed by atoms with Crippen LogP contribution in [0.5, 0.6) is 0 Å². The van der Waals surface area contributed by atoms with Crippen molar-refractivity contribution in [2.45, 2.75) is 13.0 Å². The molecule has 0 radical (unpaired) electrons. The first-order valence-electron chi connectivity index (χ1n) is 2.92. The molecule has 0 aliphatic heterocycles. The number of hydrogen-bond acceptors (Lipinski definition) is 1. The molecule has 0 unspecified atom stereocenters. The van der Waals surface area contributed by atoms with E-state index in [2.05, 4.69) is 0 Å². The lowest BCUT2D eigenvalue weighted by atomic mass is 10.2. The highest BCUT2D eigenvalue weighted by Crippen LogP contribution is 2.54. The van der Waals surface area contributed by atoms with Crippen molar-refractivity contribution in [1.82, 2.24) is 0 Å². The maximum atomic E-state index is 8.80. The second kappa shape index (κ2) is 4.88. The topological polar surface area (TPSA) is 20.2 Å². The predicted molar refractivity (Wildman–Crippen MR) is 61.1 cm³/mol. The van der Waals surface area contributed by atoms with E-state index < -0.39 is 19.6 Å². The van der Waals surface area contributed by atoms with Gasteiger partial charge in [0.15, 0.2) is 13.0 Å². The fourth-order valence-corrected chi connectivity index (χ4v) is 1.88. The highest BCUT2D eigenvalue weighted by molar-refractivity contribution is 6.70. The minimum Gasteiger partial charge on any atom is -0.393 e. The van der Waals surface area contributed by atoms with Gasteiger partial charge in [0.05, 0.1) is 12.5 Å². The van der Waals surface area contributed by atoms with E-state index in [0.717, 1.165) is 0 Å². The van der Waals surface area contributed by atoms with Crippen LogP contribution in [0.2, 0.25) is 0 Å². The van der Waals surface area contributed by atoms with Crippen LogP contribution < -0.4 is 0 Å². The Bertz CT molecular complexity index is 160. The summed E-state index contributed by atoms with van der Waals surface area (Å²) in [6.07, 6.45) is 0. The number of aliphatic hydroxyl groups is 1. The minimum absolute atomic E-state index is 0.287. The van der Waals surface area contributed by atoms with Gasteiger partial charge in [0.1, 0.15) is 0 Å². The molecular weight excluding hydrogens is 324 g/mol. The van der Waals surface area contributed by atoms with E-state index in [1.165, 1.54) is 0 Å². The lowest BCUT2D eigenvalue weighted by Gasteiger charge is -2.38. The Balaban J connectivity index is 4.95. The highest BCUT2D eigenvalue weighted by Gasteiger charge is 2.59. The second-order valence-corrected chi connectivity index (χ2v) is 6.84. The molecule has 0 aliphatic rings. The predicted octanol–water partition coefficient (Wildman–Crippen LogP) is 3.74. The average Bonchev–Trinajstić information content (AvgIpc) is 2.03. The number of rotatable bonds is 4. The summed E-state index contributed by atoms with van der Waals surface area (Å²) >= 11 is 39.4. The van der Waals surface area contributed by atoms with E-state index in [1.54, 1.807) is 0 Å². The molecule has 0 aliphatic carbocycles. The lowest BCUT2D eigenvalue weighted by molar-refractivity contribution is 0.267. The molecule has 0 amide bonds. The number of hydrogen-bond donors (Lipinski definition) is 1. The molecule has 13 heavy (non-hydrogen) atoms. The molecule has 1 nitrogen and oxygen atoms in total. The minimum atomic E-state index is -1.98. The zero-order valence-electron chi connectivity index (χ0n) is 6.01. The van der Waals surface area contributed by atoms with E-state index in [-0.39, 0.29) is 5.88 Å². The summed E-state index contributed by atoms with van der Waals surface area (Å²) in [6.45, 7) is -0.707. The Morgan fingerprint density at radius 3 is 1.46 bits per heavy atom. The molecule has 0 rings (SSSR count). The number of alkyl halides is 7. The van der Waals surface area contributed by atoms with Crippen LogP contribution in [0.15, 0.2) is 0 Å². The van der Waals surface area contributed by atoms with E-state index in [1.807, 2.05) is 0 Å². The zero-order chi connectivity index (χ0) is 10.9. The summed E-state index contributed by atoms with van der Waals surface area (Å²) in [5.74, 6) is -0.287. The molecule has 0 saturated carbocycles. The maximum absolute atomic E-state index is 8.80. The van der Waals surface area contributed by atoms with E-state index >= 15 is 0 Å². The van der Waals surface area contributed by atoms with Crippen molar-refractivity contribution < 1.29 is 5.11 Å². The maximum Gasteiger partial charge on any atom is 0.186 e. The molecule has 0 fully saturated rings. The summed E-state index contributed by atoms with van der Waals surface area (Å²) in [4.78, 5) is 0. The number of halogens is 7. The first-order chi connectivity index (χ1) is 5.62. The van der Waals surface area contributed by atoms with Gasteiger partial charge < -0.3 is 5.11 Å². The van der Waals surface area contributed by atoms with Crippen molar-refractivity contribution in [3.63, 3.8) is 0 Å². The van der Waals surface area contributed by atoms with Crippen molar-refractivity contribution >= 4 is 81.2 Å². The average molecular weight is 329 g/mol. The third kappa shape index (κ3) is 2.98. The zero-order valence-corrected chi connectivity index (χ0v) is 11.3. The fourth-order valence-electron chi connectivity index (χ4n) is 0.451. The van der Waals surface area contributed by atoms with Gasteiger partial charge >= 0.3 is 0 Å². The molecular formula is C5H5Cl7O. The van der Waals surface area contributed by atoms with Crippen LogP contribution in [-0.2, 0) is 0 Å². The molecule has 1 N–H and O–H groups in total. The third-order valence-electron chi connectivity index (χ3n) is 1.29. The SMILES string of the molecule is OCC(Cl)(Cl)C(Cl)(Cl)C(Cl)(Cl)CCl. The van der Waals surface area contributed by atoms with E-state index in [9.17, 15) is 0 Å². The van der Waals surface area contributed by atoms with Crippen LogP contribution in [-0.4, -0.2) is 30.6 Å². The third-order valence-corrected chi connectivity index (χ3v) is 5.66. The van der Waals surface area contributed by atoms with Gasteiger partial charge in [-0.25, -0.2) is 0 Å². The van der Waals surface area contributed by atoms with Crippen LogP contribution in [0.1, 0.15) is 0 Å². The molecule has 0 saturated heterocycles. The van der Waals surface area contributed by atoms with Crippen molar-refractivity contribution in [1.29, 1.82) is 0 Å². The Kier molecular flexibility index (Phi) is 5.63. The monoisotopic (exact) mass is 326 g/mol. The molecule has 8 heteroatoms. The smallest absolute Gasteiger partial charge is 0.186 e. The van der Waals surface area contributed by atoms with Gasteiger partial charge in [0.25, 0.3) is 0 Å². The summed E-state index contributed by atoms with van der Waals surface area (Å²) in [5, 5.41) is 8.80. The van der Waals surface area contributed by atoms with Gasteiger partial charge in [-0.1, -0.05) is 69.6 Å². The molecule has 0 aromatic heterocycles. The largest absolute Gasteiger partial charge is 0.393 e. The summed E-state index contributed by atoms with van der Waals surface area (Å²) in [5.41, 5.74) is 0. The first-order valence-corrected chi connectivity index (χ1v) is 5.73. The van der Waals surface area contributed by atoms with Crippen LogP contribution in [0.3, 0.4) is 0 Å². The van der Waals surface area contributed by atoms with Crippen molar-refractivity contribution in [2.24, 2.45) is 0 Å². The Hall–Kier alpha value is 1.99.